The molecule has 116 valence electrons. The number of unbranched alkanes of at least 4 members (excludes halogenated alkanes) is 1. The standard InChI is InChI=1S/C6H14N2O2.C4H12O4Si/c7-4-2-1-3-5(8)6(9)10;1-5-9(6-2,7-3)8-4/h5H,1-4,7-8H2,(H,9,10);1-4H3/t5-;/m0./s1. The number of carboxylic acid groups (broad SMARTS) is 1. The number of rotatable bonds is 9. The predicted molar refractivity (Wildman–Crippen MR) is 72.3 cm³/mol. The molecule has 9 heteroatoms. The van der Waals surface area contributed by atoms with Crippen molar-refractivity contribution in [2.45, 2.75) is 25.3 Å². The lowest BCUT2D eigenvalue weighted by atomic mass is 10.1. The maximum absolute atomic E-state index is 10.1. The largest absolute Gasteiger partial charge is 0.678 e. The average Bonchev–Trinajstić information content (AvgIpc) is 2.43. The van der Waals surface area contributed by atoms with Crippen molar-refractivity contribution in [3.63, 3.8) is 0 Å². The van der Waals surface area contributed by atoms with Gasteiger partial charge in [-0.15, -0.1) is 0 Å². The molecule has 0 aromatic carbocycles. The number of hydrogen-bond donors (Lipinski definition) is 3. The van der Waals surface area contributed by atoms with Gasteiger partial charge in [-0.05, 0) is 19.4 Å². The van der Waals surface area contributed by atoms with Crippen LogP contribution in [0.25, 0.3) is 0 Å². The van der Waals surface area contributed by atoms with E-state index >= 15 is 0 Å². The minimum absolute atomic E-state index is 0.520. The van der Waals surface area contributed by atoms with E-state index < -0.39 is 21.1 Å². The second-order valence-corrected chi connectivity index (χ2v) is 6.18. The third kappa shape index (κ3) is 9.96. The fraction of sp³-hybridized carbons (Fsp3) is 0.900. The Hall–Kier alpha value is -0.553. The van der Waals surface area contributed by atoms with Gasteiger partial charge in [-0.1, -0.05) is 6.42 Å². The SMILES string of the molecule is CO[Si](OC)(OC)OC.NCCCC[C@H](N)C(=O)O. The van der Waals surface area contributed by atoms with E-state index in [1.54, 1.807) is 0 Å². The molecule has 8 nitrogen and oxygen atoms in total. The summed E-state index contributed by atoms with van der Waals surface area (Å²) in [5, 5.41) is 8.33. The Morgan fingerprint density at radius 2 is 1.53 bits per heavy atom. The summed E-state index contributed by atoms with van der Waals surface area (Å²) in [5.74, 6) is -0.933. The molecule has 0 aromatic rings. The molecule has 0 saturated heterocycles. The molecule has 0 bridgehead atoms. The van der Waals surface area contributed by atoms with Gasteiger partial charge in [-0.3, -0.25) is 4.79 Å². The van der Waals surface area contributed by atoms with Crippen LogP contribution < -0.4 is 11.5 Å². The van der Waals surface area contributed by atoms with E-state index in [1.807, 2.05) is 0 Å². The van der Waals surface area contributed by atoms with Crippen molar-refractivity contribution in [1.82, 2.24) is 0 Å². The highest BCUT2D eigenvalue weighted by Crippen LogP contribution is 2.04. The maximum Gasteiger partial charge on any atom is 0.678 e. The number of hydrogen-bond acceptors (Lipinski definition) is 7. The van der Waals surface area contributed by atoms with E-state index in [2.05, 4.69) is 0 Å². The van der Waals surface area contributed by atoms with Gasteiger partial charge in [0.1, 0.15) is 6.04 Å². The molecule has 0 unspecified atom stereocenters. The Balaban J connectivity index is 0. The first-order chi connectivity index (χ1) is 8.92. The molecule has 0 aliphatic carbocycles. The van der Waals surface area contributed by atoms with Gasteiger partial charge in [-0.25, -0.2) is 0 Å². The van der Waals surface area contributed by atoms with Crippen molar-refractivity contribution in [2.75, 3.05) is 35.0 Å². The van der Waals surface area contributed by atoms with Gasteiger partial charge in [-0.2, -0.15) is 0 Å². The number of carboxylic acids is 1. The monoisotopic (exact) mass is 298 g/mol. The highest BCUT2D eigenvalue weighted by atomic mass is 28.4. The van der Waals surface area contributed by atoms with E-state index in [0.29, 0.717) is 13.0 Å². The quantitative estimate of drug-likeness (QED) is 0.385. The first-order valence-corrected chi connectivity index (χ1v) is 7.45. The molecule has 0 spiro atoms. The summed E-state index contributed by atoms with van der Waals surface area (Å²) in [5.41, 5.74) is 10.4. The molecule has 0 aromatic heterocycles. The minimum Gasteiger partial charge on any atom is -0.480 e. The molecule has 0 amide bonds. The Morgan fingerprint density at radius 1 is 1.11 bits per heavy atom. The first-order valence-electron chi connectivity index (χ1n) is 5.82. The van der Waals surface area contributed by atoms with Crippen molar-refractivity contribution >= 4 is 15.0 Å². The molecule has 0 rings (SSSR count). The predicted octanol–water partition coefficient (Wildman–Crippen LogP) is -0.465. The van der Waals surface area contributed by atoms with Crippen molar-refractivity contribution in [2.24, 2.45) is 11.5 Å². The zero-order valence-electron chi connectivity index (χ0n) is 12.0. The molecule has 0 radical (unpaired) electrons. The third-order valence-corrected chi connectivity index (χ3v) is 4.29. The highest BCUT2D eigenvalue weighted by Gasteiger charge is 2.40. The number of carbonyl (C=O) groups is 1. The van der Waals surface area contributed by atoms with E-state index in [-0.39, 0.29) is 0 Å². The Labute approximate surface area is 115 Å². The van der Waals surface area contributed by atoms with Gasteiger partial charge in [0, 0.05) is 28.4 Å². The van der Waals surface area contributed by atoms with E-state index in [9.17, 15) is 4.79 Å². The topological polar surface area (TPSA) is 126 Å². The van der Waals surface area contributed by atoms with Crippen LogP contribution in [0.1, 0.15) is 19.3 Å². The molecule has 0 aliphatic heterocycles. The molecule has 1 atom stereocenters. The van der Waals surface area contributed by atoms with Crippen LogP contribution in [-0.4, -0.2) is 61.1 Å². The zero-order chi connectivity index (χ0) is 15.3. The molecular weight excluding hydrogens is 272 g/mol. The van der Waals surface area contributed by atoms with Crippen LogP contribution in [0.3, 0.4) is 0 Å². The summed E-state index contributed by atoms with van der Waals surface area (Å²) in [6.07, 6.45) is 2.16. The van der Waals surface area contributed by atoms with Gasteiger partial charge in [0.15, 0.2) is 0 Å². The summed E-state index contributed by atoms with van der Waals surface area (Å²) in [4.78, 5) is 10.1. The maximum atomic E-state index is 10.1. The van der Waals surface area contributed by atoms with Gasteiger partial charge in [0.25, 0.3) is 0 Å². The lowest BCUT2D eigenvalue weighted by molar-refractivity contribution is -0.138. The minimum atomic E-state index is -2.69. The number of aliphatic carboxylic acids is 1. The van der Waals surface area contributed by atoms with Crippen molar-refractivity contribution in [3.05, 3.63) is 0 Å². The molecule has 0 fully saturated rings. The summed E-state index contributed by atoms with van der Waals surface area (Å²) in [6.45, 7) is 0.604. The van der Waals surface area contributed by atoms with E-state index in [0.717, 1.165) is 12.8 Å². The third-order valence-electron chi connectivity index (χ3n) is 2.29. The van der Waals surface area contributed by atoms with E-state index in [4.69, 9.17) is 34.3 Å². The Morgan fingerprint density at radius 3 is 1.74 bits per heavy atom. The van der Waals surface area contributed by atoms with Crippen LogP contribution in [0.2, 0.25) is 0 Å². The van der Waals surface area contributed by atoms with Crippen LogP contribution in [0.5, 0.6) is 0 Å². The fourth-order valence-corrected chi connectivity index (χ4v) is 2.13. The summed E-state index contributed by atoms with van der Waals surface area (Å²) >= 11 is 0. The van der Waals surface area contributed by atoms with E-state index in [1.165, 1.54) is 28.4 Å². The first kappa shape index (κ1) is 20.8. The second kappa shape index (κ2) is 12.5. The summed E-state index contributed by atoms with van der Waals surface area (Å²) < 4.78 is 19.4. The van der Waals surface area contributed by atoms with Crippen LogP contribution >= 0.6 is 0 Å². The lowest BCUT2D eigenvalue weighted by Crippen LogP contribution is -2.45. The van der Waals surface area contributed by atoms with Crippen molar-refractivity contribution in [1.29, 1.82) is 0 Å². The van der Waals surface area contributed by atoms with Gasteiger partial charge in [0.2, 0.25) is 0 Å². The van der Waals surface area contributed by atoms with Crippen LogP contribution in [0, 0.1) is 0 Å². The fourth-order valence-electron chi connectivity index (χ4n) is 1.13. The molecule has 0 heterocycles. The smallest absolute Gasteiger partial charge is 0.480 e. The van der Waals surface area contributed by atoms with Crippen molar-refractivity contribution < 1.29 is 27.6 Å². The number of nitrogens with two attached hydrogens (primary N) is 2. The average molecular weight is 298 g/mol. The van der Waals surface area contributed by atoms with Gasteiger partial charge in [0.05, 0.1) is 0 Å². The second-order valence-electron chi connectivity index (χ2n) is 3.55. The van der Waals surface area contributed by atoms with Crippen LogP contribution in [0.4, 0.5) is 0 Å². The lowest BCUT2D eigenvalue weighted by Gasteiger charge is -2.19. The van der Waals surface area contributed by atoms with Crippen LogP contribution in [-0.2, 0) is 22.5 Å². The highest BCUT2D eigenvalue weighted by molar-refractivity contribution is 6.53. The summed E-state index contributed by atoms with van der Waals surface area (Å²) in [6, 6.07) is -0.716. The summed E-state index contributed by atoms with van der Waals surface area (Å²) in [7, 11) is 3.26. The van der Waals surface area contributed by atoms with Gasteiger partial charge >= 0.3 is 15.0 Å². The molecule has 0 aliphatic rings. The Kier molecular flexibility index (Phi) is 13.6. The molecular formula is C10H26N2O6Si. The van der Waals surface area contributed by atoms with Crippen LogP contribution in [0.15, 0.2) is 0 Å². The normalized spacial score (nSPS) is 12.5. The molecule has 19 heavy (non-hydrogen) atoms. The van der Waals surface area contributed by atoms with Crippen molar-refractivity contribution in [3.8, 4) is 0 Å². The Bertz CT molecular complexity index is 211. The molecule has 0 saturated carbocycles. The molecule has 5 N–H and O–H groups in total. The zero-order valence-corrected chi connectivity index (χ0v) is 13.0. The van der Waals surface area contributed by atoms with Gasteiger partial charge < -0.3 is 34.3 Å².